The van der Waals surface area contributed by atoms with Crippen molar-refractivity contribution in [2.24, 2.45) is 5.73 Å². The van der Waals surface area contributed by atoms with Crippen LogP contribution < -0.4 is 5.73 Å². The molecule has 110 valence electrons. The topological polar surface area (TPSA) is 49.6 Å². The molecule has 0 heterocycles. The van der Waals surface area contributed by atoms with Gasteiger partial charge in [0.1, 0.15) is 0 Å². The Morgan fingerprint density at radius 1 is 1.25 bits per heavy atom. The molecule has 0 fully saturated rings. The first kappa shape index (κ1) is 16.6. The van der Waals surface area contributed by atoms with Gasteiger partial charge in [-0.25, -0.2) is 0 Å². The molecule has 0 spiro atoms. The Bertz CT molecular complexity index is 474. The highest BCUT2D eigenvalue weighted by atomic mass is 32.1. The zero-order valence-corrected chi connectivity index (χ0v) is 13.2. The first-order chi connectivity index (χ1) is 9.40. The first-order valence-corrected chi connectivity index (χ1v) is 7.10. The highest BCUT2D eigenvalue weighted by molar-refractivity contribution is 7.80. The number of likely N-dealkylation sites (N-methyl/N-ethyl adjacent to an activating group) is 1. The number of aryl methyl sites for hydroxylation is 1. The quantitative estimate of drug-likeness (QED) is 0.777. The third kappa shape index (κ3) is 5.67. The average Bonchev–Trinajstić information content (AvgIpc) is 2.37. The molecule has 1 rings (SSSR count). The van der Waals surface area contributed by atoms with Crippen LogP contribution in [0.1, 0.15) is 22.3 Å². The van der Waals surface area contributed by atoms with Crippen LogP contribution in [-0.4, -0.2) is 54.4 Å². The molecule has 0 radical (unpaired) electrons. The molecule has 2 N–H and O–H groups in total. The van der Waals surface area contributed by atoms with E-state index in [9.17, 15) is 4.79 Å². The standard InChI is InChI=1S/C15H23N3OS/c1-12-5-4-6-13(11-12)15(19)18(8-7-14(16)20)10-9-17(2)3/h4-6,11H,7-10H2,1-3H3,(H2,16,20). The summed E-state index contributed by atoms with van der Waals surface area (Å²) >= 11 is 4.90. The second-order valence-electron chi connectivity index (χ2n) is 5.18. The zero-order valence-electron chi connectivity index (χ0n) is 12.4. The Labute approximate surface area is 126 Å². The molecular formula is C15H23N3OS. The van der Waals surface area contributed by atoms with E-state index < -0.39 is 0 Å². The number of carbonyl (C=O) groups excluding carboxylic acids is 1. The van der Waals surface area contributed by atoms with Crippen LogP contribution in [0.2, 0.25) is 0 Å². The lowest BCUT2D eigenvalue weighted by molar-refractivity contribution is 0.0749. The van der Waals surface area contributed by atoms with E-state index in [-0.39, 0.29) is 5.91 Å². The van der Waals surface area contributed by atoms with Gasteiger partial charge in [0.05, 0.1) is 4.99 Å². The molecule has 0 atom stereocenters. The summed E-state index contributed by atoms with van der Waals surface area (Å²) in [5, 5.41) is 0. The number of hydrogen-bond donors (Lipinski definition) is 1. The Hall–Kier alpha value is -1.46. The van der Waals surface area contributed by atoms with E-state index in [1.165, 1.54) is 0 Å². The Balaban J connectivity index is 2.79. The van der Waals surface area contributed by atoms with Crippen LogP contribution in [0.5, 0.6) is 0 Å². The Morgan fingerprint density at radius 2 is 1.95 bits per heavy atom. The summed E-state index contributed by atoms with van der Waals surface area (Å²) in [6, 6.07) is 7.64. The number of hydrogen-bond acceptors (Lipinski definition) is 3. The van der Waals surface area contributed by atoms with Crippen molar-refractivity contribution in [3.63, 3.8) is 0 Å². The van der Waals surface area contributed by atoms with Gasteiger partial charge in [0, 0.05) is 31.6 Å². The molecule has 5 heteroatoms. The molecule has 0 aliphatic carbocycles. The van der Waals surface area contributed by atoms with Gasteiger partial charge in [-0.2, -0.15) is 0 Å². The van der Waals surface area contributed by atoms with E-state index in [2.05, 4.69) is 4.90 Å². The zero-order chi connectivity index (χ0) is 15.1. The van der Waals surface area contributed by atoms with Gasteiger partial charge >= 0.3 is 0 Å². The van der Waals surface area contributed by atoms with Crippen molar-refractivity contribution < 1.29 is 4.79 Å². The fourth-order valence-electron chi connectivity index (χ4n) is 1.84. The third-order valence-corrected chi connectivity index (χ3v) is 3.20. The summed E-state index contributed by atoms with van der Waals surface area (Å²) in [4.78, 5) is 16.9. The molecule has 1 amide bonds. The van der Waals surface area contributed by atoms with Crippen LogP contribution in [0, 0.1) is 6.92 Å². The molecule has 0 saturated heterocycles. The largest absolute Gasteiger partial charge is 0.393 e. The number of rotatable bonds is 7. The first-order valence-electron chi connectivity index (χ1n) is 6.69. The second kappa shape index (κ2) is 7.97. The second-order valence-corrected chi connectivity index (χ2v) is 5.71. The minimum absolute atomic E-state index is 0.0341. The smallest absolute Gasteiger partial charge is 0.253 e. The predicted molar refractivity (Wildman–Crippen MR) is 87.0 cm³/mol. The summed E-state index contributed by atoms with van der Waals surface area (Å²) in [5.74, 6) is 0.0341. The Kier molecular flexibility index (Phi) is 6.61. The highest BCUT2D eigenvalue weighted by Crippen LogP contribution is 2.08. The van der Waals surface area contributed by atoms with Crippen LogP contribution in [0.3, 0.4) is 0 Å². The summed E-state index contributed by atoms with van der Waals surface area (Å²) < 4.78 is 0. The number of amides is 1. The van der Waals surface area contributed by atoms with Crippen molar-refractivity contribution in [1.29, 1.82) is 0 Å². The normalized spacial score (nSPS) is 10.6. The molecule has 0 aromatic heterocycles. The van der Waals surface area contributed by atoms with Crippen LogP contribution in [0.15, 0.2) is 24.3 Å². The summed E-state index contributed by atoms with van der Waals surface area (Å²) in [6.07, 6.45) is 0.556. The van der Waals surface area contributed by atoms with E-state index in [0.717, 1.165) is 12.1 Å². The van der Waals surface area contributed by atoms with Gasteiger partial charge in [-0.3, -0.25) is 4.79 Å². The molecule has 0 aliphatic rings. The van der Waals surface area contributed by atoms with Gasteiger partial charge in [0.2, 0.25) is 0 Å². The number of nitrogens with two attached hydrogens (primary N) is 1. The van der Waals surface area contributed by atoms with E-state index in [1.54, 1.807) is 0 Å². The van der Waals surface area contributed by atoms with E-state index in [4.69, 9.17) is 18.0 Å². The maximum Gasteiger partial charge on any atom is 0.253 e. The maximum absolute atomic E-state index is 12.5. The van der Waals surface area contributed by atoms with Crippen molar-refractivity contribution in [2.45, 2.75) is 13.3 Å². The molecular weight excluding hydrogens is 270 g/mol. The highest BCUT2D eigenvalue weighted by Gasteiger charge is 2.16. The molecule has 0 aliphatic heterocycles. The van der Waals surface area contributed by atoms with Crippen LogP contribution in [0.4, 0.5) is 0 Å². The number of thiocarbonyl (C=S) groups is 1. The molecule has 0 unspecified atom stereocenters. The molecule has 20 heavy (non-hydrogen) atoms. The van der Waals surface area contributed by atoms with Crippen LogP contribution in [0.25, 0.3) is 0 Å². The lowest BCUT2D eigenvalue weighted by atomic mass is 10.1. The summed E-state index contributed by atoms with van der Waals surface area (Å²) in [6.45, 7) is 4.03. The van der Waals surface area contributed by atoms with Gasteiger partial charge in [0.15, 0.2) is 0 Å². The average molecular weight is 293 g/mol. The van der Waals surface area contributed by atoms with Gasteiger partial charge < -0.3 is 15.5 Å². The van der Waals surface area contributed by atoms with E-state index in [0.29, 0.717) is 30.1 Å². The summed E-state index contributed by atoms with van der Waals surface area (Å²) in [5.41, 5.74) is 7.34. The van der Waals surface area contributed by atoms with E-state index >= 15 is 0 Å². The Morgan fingerprint density at radius 3 is 2.50 bits per heavy atom. The molecule has 1 aromatic carbocycles. The monoisotopic (exact) mass is 293 g/mol. The fourth-order valence-corrected chi connectivity index (χ4v) is 1.93. The lowest BCUT2D eigenvalue weighted by Gasteiger charge is -2.24. The van der Waals surface area contributed by atoms with Gasteiger partial charge in [-0.05, 0) is 33.2 Å². The lowest BCUT2D eigenvalue weighted by Crippen LogP contribution is -2.38. The summed E-state index contributed by atoms with van der Waals surface area (Å²) in [7, 11) is 3.98. The minimum Gasteiger partial charge on any atom is -0.393 e. The number of benzene rings is 1. The van der Waals surface area contributed by atoms with Gasteiger partial charge in [0.25, 0.3) is 5.91 Å². The SMILES string of the molecule is Cc1cccc(C(=O)N(CCC(N)=S)CCN(C)C)c1. The molecule has 4 nitrogen and oxygen atoms in total. The van der Waals surface area contributed by atoms with E-state index in [1.807, 2.05) is 50.2 Å². The number of nitrogens with zero attached hydrogens (tertiary/aromatic N) is 2. The van der Waals surface area contributed by atoms with Crippen LogP contribution in [-0.2, 0) is 0 Å². The number of carbonyl (C=O) groups is 1. The maximum atomic E-state index is 12.5. The van der Waals surface area contributed by atoms with Crippen molar-refractivity contribution >= 4 is 23.1 Å². The molecule has 0 bridgehead atoms. The van der Waals surface area contributed by atoms with Crippen molar-refractivity contribution in [2.75, 3.05) is 33.7 Å². The molecule has 0 saturated carbocycles. The van der Waals surface area contributed by atoms with Gasteiger partial charge in [-0.1, -0.05) is 29.9 Å². The molecule has 1 aromatic rings. The predicted octanol–water partition coefficient (Wildman–Crippen LogP) is 1.68. The van der Waals surface area contributed by atoms with Crippen molar-refractivity contribution in [3.05, 3.63) is 35.4 Å². The fraction of sp³-hybridized carbons (Fsp3) is 0.467. The van der Waals surface area contributed by atoms with Crippen LogP contribution >= 0.6 is 12.2 Å². The van der Waals surface area contributed by atoms with Gasteiger partial charge in [-0.15, -0.1) is 0 Å². The van der Waals surface area contributed by atoms with Crippen molar-refractivity contribution in [3.8, 4) is 0 Å². The minimum atomic E-state index is 0.0341. The third-order valence-electron chi connectivity index (χ3n) is 3.00. The van der Waals surface area contributed by atoms with Crippen molar-refractivity contribution in [1.82, 2.24) is 9.80 Å².